The van der Waals surface area contributed by atoms with E-state index in [1.807, 2.05) is 26.0 Å². The molecule has 7 nitrogen and oxygen atoms in total. The number of benzene rings is 1. The summed E-state index contributed by atoms with van der Waals surface area (Å²) in [4.78, 5) is 16.0. The number of carbonyl (C=O) groups is 1. The summed E-state index contributed by atoms with van der Waals surface area (Å²) in [7, 11) is 1.57. The number of hydrogen-bond donors (Lipinski definition) is 3. The second-order valence-corrected chi connectivity index (χ2v) is 5.09. The van der Waals surface area contributed by atoms with Gasteiger partial charge in [0, 0.05) is 19.6 Å². The van der Waals surface area contributed by atoms with Gasteiger partial charge in [0.1, 0.15) is 0 Å². The molecule has 0 aliphatic heterocycles. The summed E-state index contributed by atoms with van der Waals surface area (Å²) in [5, 5.41) is 8.99. The lowest BCUT2D eigenvalue weighted by atomic mass is 10.2. The van der Waals surface area contributed by atoms with E-state index >= 15 is 0 Å². The van der Waals surface area contributed by atoms with E-state index in [1.165, 1.54) is 0 Å². The van der Waals surface area contributed by atoms with Crippen LogP contribution >= 0.6 is 0 Å². The molecule has 7 heteroatoms. The second-order valence-electron chi connectivity index (χ2n) is 5.09. The Balaban J connectivity index is 2.75. The molecule has 138 valence electrons. The summed E-state index contributed by atoms with van der Waals surface area (Å²) in [6.07, 6.45) is 1.77. The zero-order valence-electron chi connectivity index (χ0n) is 15.2. The molecule has 1 aromatic rings. The monoisotopic (exact) mass is 348 g/mol. The van der Waals surface area contributed by atoms with Crippen molar-refractivity contribution >= 4 is 11.9 Å². The lowest BCUT2D eigenvalue weighted by molar-refractivity contribution is -0.123. The van der Waals surface area contributed by atoms with Crippen molar-refractivity contribution in [1.29, 1.82) is 0 Å². The van der Waals surface area contributed by atoms with Crippen LogP contribution in [-0.4, -0.2) is 45.2 Å². The third-order valence-corrected chi connectivity index (χ3v) is 3.14. The first-order valence-corrected chi connectivity index (χ1v) is 8.34. The third-order valence-electron chi connectivity index (χ3n) is 3.14. The molecule has 3 N–H and O–H groups in total. The molecule has 0 saturated heterocycles. The van der Waals surface area contributed by atoms with Crippen molar-refractivity contribution in [2.45, 2.75) is 20.4 Å². The van der Waals surface area contributed by atoms with E-state index < -0.39 is 0 Å². The molecule has 0 spiro atoms. The van der Waals surface area contributed by atoms with Crippen LogP contribution in [0.5, 0.6) is 11.5 Å². The van der Waals surface area contributed by atoms with Gasteiger partial charge in [0.05, 0.1) is 13.7 Å². The first-order valence-electron chi connectivity index (χ1n) is 8.34. The SMILES string of the molecule is C=CCNC(=NCc1ccc(OCC(=O)NCC)c(OC)c1)NCC. The number of amides is 1. The Hall–Kier alpha value is -2.70. The van der Waals surface area contributed by atoms with Crippen LogP contribution in [0, 0.1) is 0 Å². The third kappa shape index (κ3) is 7.60. The van der Waals surface area contributed by atoms with Gasteiger partial charge in [-0.25, -0.2) is 4.99 Å². The number of nitrogens with zero attached hydrogens (tertiary/aromatic N) is 1. The Labute approximate surface area is 149 Å². The van der Waals surface area contributed by atoms with Gasteiger partial charge in [-0.15, -0.1) is 6.58 Å². The van der Waals surface area contributed by atoms with Gasteiger partial charge in [0.25, 0.3) is 5.91 Å². The number of carbonyl (C=O) groups excluding carboxylic acids is 1. The van der Waals surface area contributed by atoms with E-state index in [0.29, 0.717) is 31.1 Å². The van der Waals surface area contributed by atoms with Crippen molar-refractivity contribution in [3.05, 3.63) is 36.4 Å². The van der Waals surface area contributed by atoms with E-state index in [2.05, 4.69) is 27.5 Å². The highest BCUT2D eigenvalue weighted by Gasteiger charge is 2.08. The Morgan fingerprint density at radius 1 is 1.20 bits per heavy atom. The zero-order valence-corrected chi connectivity index (χ0v) is 15.2. The van der Waals surface area contributed by atoms with E-state index in [0.717, 1.165) is 18.1 Å². The van der Waals surface area contributed by atoms with Crippen molar-refractivity contribution in [3.63, 3.8) is 0 Å². The largest absolute Gasteiger partial charge is 0.493 e. The summed E-state index contributed by atoms with van der Waals surface area (Å²) < 4.78 is 10.9. The fourth-order valence-electron chi connectivity index (χ4n) is 2.00. The number of methoxy groups -OCH3 is 1. The van der Waals surface area contributed by atoms with Crippen LogP contribution < -0.4 is 25.4 Å². The molecule has 25 heavy (non-hydrogen) atoms. The van der Waals surface area contributed by atoms with Crippen LogP contribution in [0.3, 0.4) is 0 Å². The number of aliphatic imine (C=N–C) groups is 1. The maximum atomic E-state index is 11.5. The smallest absolute Gasteiger partial charge is 0.257 e. The molecule has 0 heterocycles. The second kappa shape index (κ2) is 11.8. The molecule has 0 unspecified atom stereocenters. The average molecular weight is 348 g/mol. The Morgan fingerprint density at radius 2 is 1.96 bits per heavy atom. The van der Waals surface area contributed by atoms with Crippen LogP contribution in [0.25, 0.3) is 0 Å². The minimum absolute atomic E-state index is 0.0439. The van der Waals surface area contributed by atoms with E-state index in [-0.39, 0.29) is 12.5 Å². The molecule has 0 fully saturated rings. The van der Waals surface area contributed by atoms with Gasteiger partial charge in [-0.05, 0) is 31.5 Å². The first-order chi connectivity index (χ1) is 12.1. The number of ether oxygens (including phenoxy) is 2. The summed E-state index contributed by atoms with van der Waals surface area (Å²) in [6.45, 7) is 9.98. The molecule has 0 aliphatic rings. The molecule has 0 saturated carbocycles. The Kier molecular flexibility index (Phi) is 9.58. The molecule has 1 rings (SSSR count). The standard InChI is InChI=1S/C18H28N4O3/c1-5-10-21-18(20-7-3)22-12-14-8-9-15(16(11-14)24-4)25-13-17(23)19-6-2/h5,8-9,11H,1,6-7,10,12-13H2,2-4H3,(H,19,23)(H2,20,21,22). The fraction of sp³-hybridized carbons (Fsp3) is 0.444. The van der Waals surface area contributed by atoms with Crippen molar-refractivity contribution in [3.8, 4) is 11.5 Å². The molecule has 0 aromatic heterocycles. The van der Waals surface area contributed by atoms with Crippen molar-refractivity contribution in [2.75, 3.05) is 33.4 Å². The minimum Gasteiger partial charge on any atom is -0.493 e. The highest BCUT2D eigenvalue weighted by Crippen LogP contribution is 2.28. The summed E-state index contributed by atoms with van der Waals surface area (Å²) in [5.41, 5.74) is 0.970. The van der Waals surface area contributed by atoms with Crippen molar-refractivity contribution in [2.24, 2.45) is 4.99 Å². The van der Waals surface area contributed by atoms with Gasteiger partial charge in [-0.3, -0.25) is 4.79 Å². The van der Waals surface area contributed by atoms with Gasteiger partial charge in [-0.1, -0.05) is 12.1 Å². The Morgan fingerprint density at radius 3 is 2.60 bits per heavy atom. The van der Waals surface area contributed by atoms with Gasteiger partial charge in [0.2, 0.25) is 0 Å². The highest BCUT2D eigenvalue weighted by atomic mass is 16.5. The van der Waals surface area contributed by atoms with E-state index in [4.69, 9.17) is 9.47 Å². The molecule has 1 aromatic carbocycles. The molecule has 0 bridgehead atoms. The summed E-state index contributed by atoms with van der Waals surface area (Å²) in [6, 6.07) is 5.54. The van der Waals surface area contributed by atoms with E-state index in [9.17, 15) is 4.79 Å². The quantitative estimate of drug-likeness (QED) is 0.339. The average Bonchev–Trinajstić information content (AvgIpc) is 2.62. The van der Waals surface area contributed by atoms with Crippen LogP contribution in [0.4, 0.5) is 0 Å². The predicted octanol–water partition coefficient (Wildman–Crippen LogP) is 1.45. The lowest BCUT2D eigenvalue weighted by Gasteiger charge is -2.12. The molecule has 0 aliphatic carbocycles. The number of nitrogens with one attached hydrogen (secondary N) is 3. The normalized spacial score (nSPS) is 10.8. The highest BCUT2D eigenvalue weighted by molar-refractivity contribution is 5.80. The zero-order chi connectivity index (χ0) is 18.5. The predicted molar refractivity (Wildman–Crippen MR) is 100 cm³/mol. The van der Waals surface area contributed by atoms with Gasteiger partial charge in [0.15, 0.2) is 24.1 Å². The molecular formula is C18H28N4O3. The van der Waals surface area contributed by atoms with Crippen molar-refractivity contribution < 1.29 is 14.3 Å². The maximum absolute atomic E-state index is 11.5. The topological polar surface area (TPSA) is 84.0 Å². The van der Waals surface area contributed by atoms with Crippen molar-refractivity contribution in [1.82, 2.24) is 16.0 Å². The molecule has 0 radical (unpaired) electrons. The summed E-state index contributed by atoms with van der Waals surface area (Å²) in [5.74, 6) is 1.65. The summed E-state index contributed by atoms with van der Waals surface area (Å²) >= 11 is 0. The van der Waals surface area contributed by atoms with Crippen LogP contribution in [0.2, 0.25) is 0 Å². The van der Waals surface area contributed by atoms with Gasteiger partial charge in [-0.2, -0.15) is 0 Å². The fourth-order valence-corrected chi connectivity index (χ4v) is 2.00. The maximum Gasteiger partial charge on any atom is 0.257 e. The Bertz CT molecular complexity index is 588. The van der Waals surface area contributed by atoms with Crippen LogP contribution in [0.15, 0.2) is 35.8 Å². The molecule has 1 amide bonds. The van der Waals surface area contributed by atoms with Gasteiger partial charge >= 0.3 is 0 Å². The first kappa shape index (κ1) is 20.3. The van der Waals surface area contributed by atoms with Crippen LogP contribution in [-0.2, 0) is 11.3 Å². The van der Waals surface area contributed by atoms with Gasteiger partial charge < -0.3 is 25.4 Å². The number of likely N-dealkylation sites (N-methyl/N-ethyl adjacent to an activating group) is 1. The number of rotatable bonds is 10. The number of hydrogen-bond acceptors (Lipinski definition) is 4. The lowest BCUT2D eigenvalue weighted by Crippen LogP contribution is -2.37. The van der Waals surface area contributed by atoms with Crippen LogP contribution in [0.1, 0.15) is 19.4 Å². The van der Waals surface area contributed by atoms with E-state index in [1.54, 1.807) is 19.3 Å². The molecule has 0 atom stereocenters. The minimum atomic E-state index is -0.165. The molecular weight excluding hydrogens is 320 g/mol. The number of guanidine groups is 1.